The number of carbonyl (C=O) groups is 2. The summed E-state index contributed by atoms with van der Waals surface area (Å²) in [6.07, 6.45) is -0.266. The fourth-order valence-electron chi connectivity index (χ4n) is 4.81. The molecule has 1 amide bonds. The molecule has 0 aliphatic carbocycles. The number of aliphatic carboxylic acids is 1. The molecule has 12 heteroatoms. The quantitative estimate of drug-likeness (QED) is 0.289. The number of morpholine rings is 1. The zero-order valence-electron chi connectivity index (χ0n) is 21.3. The number of hydrogen-bond acceptors (Lipinski definition) is 5. The van der Waals surface area contributed by atoms with Gasteiger partial charge in [0.25, 0.3) is 5.91 Å². The molecule has 1 aromatic heterocycles. The van der Waals surface area contributed by atoms with Crippen molar-refractivity contribution in [2.24, 2.45) is 7.05 Å². The Bertz CT molecular complexity index is 1640. The number of carboxylic acids is 1. The SMILES string of the molecule is Cn1c(=O)n(-c2ccc(CC(NC(=O)c3c(Cl)cc(C4CNCCO4)cc3Cl)C(=O)O)cc2)c2c(Cl)cccc21. The molecule has 4 aromatic rings. The highest BCUT2D eigenvalue weighted by molar-refractivity contribution is 6.40. The number of carbonyl (C=O) groups excluding carboxylic acids is 1. The minimum atomic E-state index is -1.26. The van der Waals surface area contributed by atoms with E-state index >= 15 is 0 Å². The average Bonchev–Trinajstić information content (AvgIpc) is 3.19. The van der Waals surface area contributed by atoms with E-state index in [2.05, 4.69) is 10.6 Å². The molecule has 1 fully saturated rings. The van der Waals surface area contributed by atoms with Crippen molar-refractivity contribution in [1.82, 2.24) is 19.8 Å². The van der Waals surface area contributed by atoms with Crippen LogP contribution in [0.1, 0.15) is 27.6 Å². The van der Waals surface area contributed by atoms with Crippen molar-refractivity contribution < 1.29 is 19.4 Å². The number of aryl methyl sites for hydroxylation is 1. The smallest absolute Gasteiger partial charge is 0.333 e. The molecular weight excluding hydrogens is 579 g/mol. The number of fused-ring (bicyclic) bond motifs is 1. The lowest BCUT2D eigenvalue weighted by molar-refractivity contribution is -0.139. The van der Waals surface area contributed by atoms with Crippen LogP contribution in [-0.4, -0.2) is 51.9 Å². The first kappa shape index (κ1) is 28.2. The molecule has 0 saturated carbocycles. The van der Waals surface area contributed by atoms with E-state index in [0.717, 1.165) is 12.1 Å². The Hall–Kier alpha value is -3.34. The van der Waals surface area contributed by atoms with E-state index in [0.29, 0.717) is 40.5 Å². The molecule has 2 atom stereocenters. The second kappa shape index (κ2) is 11.6. The normalized spacial score (nSPS) is 16.1. The minimum absolute atomic E-state index is 0.00957. The minimum Gasteiger partial charge on any atom is -0.480 e. The van der Waals surface area contributed by atoms with Crippen LogP contribution < -0.4 is 16.3 Å². The predicted molar refractivity (Wildman–Crippen MR) is 154 cm³/mol. The second-order valence-corrected chi connectivity index (χ2v) is 10.7. The van der Waals surface area contributed by atoms with Crippen molar-refractivity contribution in [1.29, 1.82) is 0 Å². The van der Waals surface area contributed by atoms with Gasteiger partial charge in [0, 0.05) is 26.6 Å². The molecule has 208 valence electrons. The topological polar surface area (TPSA) is 115 Å². The van der Waals surface area contributed by atoms with Gasteiger partial charge in [-0.1, -0.05) is 53.0 Å². The number of carboxylic acid groups (broad SMARTS) is 1. The summed E-state index contributed by atoms with van der Waals surface area (Å²) in [7, 11) is 1.67. The molecule has 0 radical (unpaired) electrons. The molecule has 1 aliphatic rings. The molecule has 2 heterocycles. The number of hydrogen-bond donors (Lipinski definition) is 3. The number of imidazole rings is 1. The second-order valence-electron chi connectivity index (χ2n) is 9.44. The number of ether oxygens (including phenoxy) is 1. The fourth-order valence-corrected chi connectivity index (χ4v) is 5.74. The molecule has 0 bridgehead atoms. The standard InChI is InChI=1S/C28H25Cl3N4O5/c1-34-22-4-2-3-18(29)25(22)35(28(34)39)17-7-5-15(6-8-17)11-21(27(37)38)33-26(36)24-19(30)12-16(13-20(24)31)23-14-32-9-10-40-23/h2-8,12-13,21,23,32H,9-11,14H2,1H3,(H,33,36)(H,37,38). The van der Waals surface area contributed by atoms with Crippen LogP contribution in [0.2, 0.25) is 15.1 Å². The number of para-hydroxylation sites is 1. The van der Waals surface area contributed by atoms with Gasteiger partial charge in [0.1, 0.15) is 6.04 Å². The van der Waals surface area contributed by atoms with Gasteiger partial charge in [0.15, 0.2) is 0 Å². The number of rotatable bonds is 7. The van der Waals surface area contributed by atoms with Crippen LogP contribution in [0.4, 0.5) is 0 Å². The number of halogens is 3. The molecule has 40 heavy (non-hydrogen) atoms. The molecule has 0 spiro atoms. The van der Waals surface area contributed by atoms with E-state index in [4.69, 9.17) is 39.5 Å². The zero-order chi connectivity index (χ0) is 28.6. The van der Waals surface area contributed by atoms with Crippen molar-refractivity contribution in [2.45, 2.75) is 18.6 Å². The van der Waals surface area contributed by atoms with Crippen LogP contribution in [0.25, 0.3) is 16.7 Å². The van der Waals surface area contributed by atoms with Crippen LogP contribution in [0.5, 0.6) is 0 Å². The first-order valence-electron chi connectivity index (χ1n) is 12.5. The van der Waals surface area contributed by atoms with Gasteiger partial charge in [-0.2, -0.15) is 0 Å². The third-order valence-electron chi connectivity index (χ3n) is 6.86. The molecule has 3 aromatic carbocycles. The highest BCUT2D eigenvalue weighted by Crippen LogP contribution is 2.31. The Labute approximate surface area is 244 Å². The molecule has 1 saturated heterocycles. The number of aromatic nitrogens is 2. The third kappa shape index (κ3) is 5.48. The van der Waals surface area contributed by atoms with Crippen LogP contribution in [0.3, 0.4) is 0 Å². The summed E-state index contributed by atoms with van der Waals surface area (Å²) in [5.74, 6) is -1.93. The highest BCUT2D eigenvalue weighted by Gasteiger charge is 2.26. The Morgan fingerprint density at radius 2 is 1.80 bits per heavy atom. The predicted octanol–water partition coefficient (Wildman–Crippen LogP) is 4.38. The van der Waals surface area contributed by atoms with Crippen molar-refractivity contribution in [3.8, 4) is 5.69 Å². The van der Waals surface area contributed by atoms with Gasteiger partial charge in [-0.15, -0.1) is 0 Å². The summed E-state index contributed by atoms with van der Waals surface area (Å²) in [6.45, 7) is 1.86. The van der Waals surface area contributed by atoms with Crippen molar-refractivity contribution in [2.75, 3.05) is 19.7 Å². The number of amides is 1. The Balaban J connectivity index is 1.35. The summed E-state index contributed by atoms with van der Waals surface area (Å²) in [4.78, 5) is 38.1. The van der Waals surface area contributed by atoms with E-state index in [1.54, 1.807) is 61.6 Å². The lowest BCUT2D eigenvalue weighted by Gasteiger charge is -2.25. The average molecular weight is 604 g/mol. The summed E-state index contributed by atoms with van der Waals surface area (Å²) >= 11 is 19.2. The van der Waals surface area contributed by atoms with E-state index in [-0.39, 0.29) is 33.8 Å². The molecular formula is C28H25Cl3N4O5. The van der Waals surface area contributed by atoms with Gasteiger partial charge in [-0.05, 0) is 47.5 Å². The summed E-state index contributed by atoms with van der Waals surface area (Å²) in [5, 5.41) is 16.2. The first-order chi connectivity index (χ1) is 19.2. The summed E-state index contributed by atoms with van der Waals surface area (Å²) < 4.78 is 8.73. The third-order valence-corrected chi connectivity index (χ3v) is 7.76. The van der Waals surface area contributed by atoms with Gasteiger partial charge in [0.2, 0.25) is 0 Å². The summed E-state index contributed by atoms with van der Waals surface area (Å²) in [6, 6.07) is 14.1. The van der Waals surface area contributed by atoms with Crippen molar-refractivity contribution >= 4 is 57.7 Å². The number of benzene rings is 3. The lowest BCUT2D eigenvalue weighted by atomic mass is 10.0. The molecule has 3 N–H and O–H groups in total. The van der Waals surface area contributed by atoms with E-state index < -0.39 is 17.9 Å². The van der Waals surface area contributed by atoms with Gasteiger partial charge in [-0.25, -0.2) is 9.59 Å². The van der Waals surface area contributed by atoms with E-state index in [9.17, 15) is 19.5 Å². The number of nitrogens with one attached hydrogen (secondary N) is 2. The van der Waals surface area contributed by atoms with E-state index in [1.807, 2.05) is 0 Å². The Kier molecular flexibility index (Phi) is 8.21. The van der Waals surface area contributed by atoms with E-state index in [1.165, 1.54) is 9.13 Å². The van der Waals surface area contributed by atoms with Crippen LogP contribution in [0, 0.1) is 0 Å². The van der Waals surface area contributed by atoms with Gasteiger partial charge in [-0.3, -0.25) is 13.9 Å². The maximum atomic E-state index is 13.1. The van der Waals surface area contributed by atoms with Gasteiger partial charge < -0.3 is 20.5 Å². The maximum Gasteiger partial charge on any atom is 0.333 e. The van der Waals surface area contributed by atoms with Crippen LogP contribution in [0.15, 0.2) is 59.4 Å². The monoisotopic (exact) mass is 602 g/mol. The molecule has 9 nitrogen and oxygen atoms in total. The van der Waals surface area contributed by atoms with Gasteiger partial charge in [0.05, 0.1) is 50.1 Å². The maximum absolute atomic E-state index is 13.1. The summed E-state index contributed by atoms with van der Waals surface area (Å²) in [5.41, 5.74) is 2.90. The first-order valence-corrected chi connectivity index (χ1v) is 13.6. The lowest BCUT2D eigenvalue weighted by Crippen LogP contribution is -2.42. The van der Waals surface area contributed by atoms with Gasteiger partial charge >= 0.3 is 11.7 Å². The van der Waals surface area contributed by atoms with Crippen molar-refractivity contribution in [3.63, 3.8) is 0 Å². The Morgan fingerprint density at radius 1 is 1.10 bits per heavy atom. The Morgan fingerprint density at radius 3 is 2.42 bits per heavy atom. The van der Waals surface area contributed by atoms with Crippen LogP contribution >= 0.6 is 34.8 Å². The number of nitrogens with zero attached hydrogens (tertiary/aromatic N) is 2. The van der Waals surface area contributed by atoms with Crippen LogP contribution in [-0.2, 0) is 23.0 Å². The van der Waals surface area contributed by atoms with Crippen molar-refractivity contribution in [3.05, 3.63) is 96.8 Å². The molecule has 5 rings (SSSR count). The molecule has 2 unspecified atom stereocenters. The molecule has 1 aliphatic heterocycles. The highest BCUT2D eigenvalue weighted by atomic mass is 35.5. The zero-order valence-corrected chi connectivity index (χ0v) is 23.6. The fraction of sp³-hybridized carbons (Fsp3) is 0.250. The largest absolute Gasteiger partial charge is 0.480 e.